The van der Waals surface area contributed by atoms with E-state index < -0.39 is 6.10 Å². The van der Waals surface area contributed by atoms with Crippen LogP contribution in [0, 0.1) is 13.8 Å². The summed E-state index contributed by atoms with van der Waals surface area (Å²) in [6.45, 7) is 5.36. The Kier molecular flexibility index (Phi) is 5.16. The summed E-state index contributed by atoms with van der Waals surface area (Å²) in [6.07, 6.45) is -0.681. The minimum absolute atomic E-state index is 0.335. The molecule has 0 aliphatic carbocycles. The third kappa shape index (κ3) is 4.60. The molecule has 1 aromatic heterocycles. The fourth-order valence-corrected chi connectivity index (χ4v) is 1.90. The van der Waals surface area contributed by atoms with Crippen LogP contribution in [0.3, 0.4) is 0 Å². The Hall–Kier alpha value is -2.34. The van der Waals surface area contributed by atoms with Crippen LogP contribution in [0.25, 0.3) is 0 Å². The first-order chi connectivity index (χ1) is 10.4. The van der Waals surface area contributed by atoms with Crippen molar-refractivity contribution in [1.82, 2.24) is 15.4 Å². The van der Waals surface area contributed by atoms with Crippen molar-refractivity contribution in [3.63, 3.8) is 0 Å². The summed E-state index contributed by atoms with van der Waals surface area (Å²) in [5, 5.41) is 0.609. The van der Waals surface area contributed by atoms with Crippen molar-refractivity contribution in [2.24, 2.45) is 0 Å². The number of anilines is 1. The van der Waals surface area contributed by atoms with E-state index >= 15 is 0 Å². The average Bonchev–Trinajstić information content (AvgIpc) is 2.46. The molecule has 2 rings (SSSR count). The number of halogens is 1. The predicted octanol–water partition coefficient (Wildman–Crippen LogP) is 2.66. The highest BCUT2D eigenvalue weighted by atomic mass is 35.5. The van der Waals surface area contributed by atoms with Crippen LogP contribution >= 0.6 is 11.6 Å². The zero-order valence-corrected chi connectivity index (χ0v) is 13.3. The van der Waals surface area contributed by atoms with E-state index in [4.69, 9.17) is 16.3 Å². The number of aromatic nitrogens is 2. The topological polar surface area (TPSA) is 76.1 Å². The summed E-state index contributed by atoms with van der Waals surface area (Å²) in [5.74, 6) is 0.567. The lowest BCUT2D eigenvalue weighted by molar-refractivity contribution is -0.126. The first-order valence-electron chi connectivity index (χ1n) is 6.74. The minimum atomic E-state index is -0.681. The highest BCUT2D eigenvalue weighted by Crippen LogP contribution is 2.16. The number of rotatable bonds is 5. The van der Waals surface area contributed by atoms with E-state index in [1.807, 2.05) is 19.9 Å². The smallest absolute Gasteiger partial charge is 0.279 e. The molecule has 0 saturated heterocycles. The Bertz CT molecular complexity index is 641. The molecular formula is C15H17ClN4O2. The van der Waals surface area contributed by atoms with Crippen LogP contribution in [0.4, 0.5) is 5.95 Å². The van der Waals surface area contributed by atoms with E-state index in [0.717, 1.165) is 11.4 Å². The third-order valence-corrected chi connectivity index (χ3v) is 3.03. The van der Waals surface area contributed by atoms with Crippen molar-refractivity contribution >= 4 is 23.5 Å². The van der Waals surface area contributed by atoms with Crippen LogP contribution in [0.15, 0.2) is 30.3 Å². The van der Waals surface area contributed by atoms with Crippen molar-refractivity contribution in [3.05, 3.63) is 46.7 Å². The molecule has 22 heavy (non-hydrogen) atoms. The molecule has 1 aromatic carbocycles. The molecule has 2 N–H and O–H groups in total. The average molecular weight is 321 g/mol. The van der Waals surface area contributed by atoms with Gasteiger partial charge in [-0.2, -0.15) is 0 Å². The van der Waals surface area contributed by atoms with Gasteiger partial charge < -0.3 is 4.74 Å². The van der Waals surface area contributed by atoms with Gasteiger partial charge in [0.2, 0.25) is 5.95 Å². The molecule has 1 heterocycles. The molecule has 0 aliphatic rings. The number of benzene rings is 1. The number of ether oxygens (including phenoxy) is 1. The van der Waals surface area contributed by atoms with Crippen molar-refractivity contribution in [1.29, 1.82) is 0 Å². The Morgan fingerprint density at radius 1 is 1.18 bits per heavy atom. The van der Waals surface area contributed by atoms with Gasteiger partial charge in [0.15, 0.2) is 6.10 Å². The monoisotopic (exact) mass is 320 g/mol. The largest absolute Gasteiger partial charge is 0.481 e. The molecule has 0 radical (unpaired) electrons. The lowest BCUT2D eigenvalue weighted by Gasteiger charge is -2.15. The second-order valence-corrected chi connectivity index (χ2v) is 5.24. The number of hydrazine groups is 1. The maximum Gasteiger partial charge on any atom is 0.279 e. The SMILES string of the molecule is Cc1cc(C)nc(NNC(=O)C(C)Oc2ccc(Cl)cc2)n1. The lowest BCUT2D eigenvalue weighted by Crippen LogP contribution is -2.40. The number of carbonyl (C=O) groups is 1. The van der Waals surface area contributed by atoms with Gasteiger partial charge in [-0.05, 0) is 51.1 Å². The Morgan fingerprint density at radius 2 is 1.77 bits per heavy atom. The first kappa shape index (κ1) is 16.0. The number of nitrogens with one attached hydrogen (secondary N) is 2. The lowest BCUT2D eigenvalue weighted by atomic mass is 10.3. The van der Waals surface area contributed by atoms with Crippen LogP contribution in [0.5, 0.6) is 5.75 Å². The fraction of sp³-hybridized carbons (Fsp3) is 0.267. The number of hydrogen-bond donors (Lipinski definition) is 2. The van der Waals surface area contributed by atoms with Gasteiger partial charge in [0.1, 0.15) is 5.75 Å². The van der Waals surface area contributed by atoms with Gasteiger partial charge in [-0.3, -0.25) is 15.6 Å². The van der Waals surface area contributed by atoms with Gasteiger partial charge in [0.25, 0.3) is 5.91 Å². The van der Waals surface area contributed by atoms with E-state index in [1.54, 1.807) is 31.2 Å². The quantitative estimate of drug-likeness (QED) is 0.828. The number of carbonyl (C=O) groups excluding carboxylic acids is 1. The molecule has 1 amide bonds. The molecule has 0 aliphatic heterocycles. The van der Waals surface area contributed by atoms with E-state index in [0.29, 0.717) is 16.7 Å². The molecule has 0 spiro atoms. The van der Waals surface area contributed by atoms with Gasteiger partial charge in [-0.15, -0.1) is 0 Å². The van der Waals surface area contributed by atoms with Crippen molar-refractivity contribution in [2.75, 3.05) is 5.43 Å². The van der Waals surface area contributed by atoms with Crippen LogP contribution in [-0.2, 0) is 4.79 Å². The molecule has 0 bridgehead atoms. The predicted molar refractivity (Wildman–Crippen MR) is 84.8 cm³/mol. The molecule has 6 nitrogen and oxygen atoms in total. The van der Waals surface area contributed by atoms with Crippen LogP contribution in [-0.4, -0.2) is 22.0 Å². The van der Waals surface area contributed by atoms with Crippen molar-refractivity contribution < 1.29 is 9.53 Å². The molecule has 1 atom stereocenters. The van der Waals surface area contributed by atoms with Gasteiger partial charge >= 0.3 is 0 Å². The number of aryl methyl sites for hydroxylation is 2. The zero-order valence-electron chi connectivity index (χ0n) is 12.6. The zero-order chi connectivity index (χ0) is 16.1. The first-order valence-corrected chi connectivity index (χ1v) is 7.12. The molecule has 1 unspecified atom stereocenters. The normalized spacial score (nSPS) is 11.6. The van der Waals surface area contributed by atoms with Gasteiger partial charge in [-0.25, -0.2) is 9.97 Å². The molecule has 2 aromatic rings. The van der Waals surface area contributed by atoms with Crippen LogP contribution in [0.1, 0.15) is 18.3 Å². The van der Waals surface area contributed by atoms with Gasteiger partial charge in [-0.1, -0.05) is 11.6 Å². The second kappa shape index (κ2) is 7.09. The van der Waals surface area contributed by atoms with Crippen LogP contribution in [0.2, 0.25) is 5.02 Å². The van der Waals surface area contributed by atoms with Crippen molar-refractivity contribution in [2.45, 2.75) is 26.9 Å². The van der Waals surface area contributed by atoms with Gasteiger partial charge in [0, 0.05) is 16.4 Å². The maximum absolute atomic E-state index is 12.0. The minimum Gasteiger partial charge on any atom is -0.481 e. The van der Waals surface area contributed by atoms with E-state index in [9.17, 15) is 4.79 Å². The summed E-state index contributed by atoms with van der Waals surface area (Å²) in [5.41, 5.74) is 6.83. The fourth-order valence-electron chi connectivity index (χ4n) is 1.77. The number of amides is 1. The highest BCUT2D eigenvalue weighted by molar-refractivity contribution is 6.30. The number of hydrogen-bond acceptors (Lipinski definition) is 5. The van der Waals surface area contributed by atoms with Crippen molar-refractivity contribution in [3.8, 4) is 5.75 Å². The van der Waals surface area contributed by atoms with Gasteiger partial charge in [0.05, 0.1) is 0 Å². The second-order valence-electron chi connectivity index (χ2n) is 4.80. The summed E-state index contributed by atoms with van der Waals surface area (Å²) in [6, 6.07) is 8.64. The Morgan fingerprint density at radius 3 is 2.36 bits per heavy atom. The Balaban J connectivity index is 1.89. The van der Waals surface area contributed by atoms with E-state index in [-0.39, 0.29) is 5.91 Å². The molecule has 0 fully saturated rings. The summed E-state index contributed by atoms with van der Waals surface area (Å²) in [4.78, 5) is 20.3. The van der Waals surface area contributed by atoms with Crippen LogP contribution < -0.4 is 15.6 Å². The number of nitrogens with zero attached hydrogens (tertiary/aromatic N) is 2. The molecule has 7 heteroatoms. The third-order valence-electron chi connectivity index (χ3n) is 2.78. The molecule has 116 valence electrons. The van der Waals surface area contributed by atoms with E-state index in [1.165, 1.54) is 0 Å². The van der Waals surface area contributed by atoms with E-state index in [2.05, 4.69) is 20.8 Å². The standard InChI is InChI=1S/C15H17ClN4O2/c1-9-8-10(2)18-15(17-9)20-19-14(21)11(3)22-13-6-4-12(16)5-7-13/h4-8,11H,1-3H3,(H,19,21)(H,17,18,20). The highest BCUT2D eigenvalue weighted by Gasteiger charge is 2.14. The molecule has 0 saturated carbocycles. The molecular weight excluding hydrogens is 304 g/mol. The summed E-state index contributed by atoms with van der Waals surface area (Å²) < 4.78 is 5.52. The summed E-state index contributed by atoms with van der Waals surface area (Å²) in [7, 11) is 0. The Labute approximate surface area is 133 Å². The summed E-state index contributed by atoms with van der Waals surface area (Å²) >= 11 is 5.80. The maximum atomic E-state index is 12.0.